The van der Waals surface area contributed by atoms with Crippen molar-refractivity contribution in [2.45, 2.75) is 65.8 Å². The van der Waals surface area contributed by atoms with Crippen molar-refractivity contribution in [1.82, 2.24) is 19.8 Å². The molecule has 210 valence electrons. The maximum absolute atomic E-state index is 13.2. The number of aromatic nitrogens is 2. The third-order valence-corrected chi connectivity index (χ3v) is 7.84. The van der Waals surface area contributed by atoms with Crippen LogP contribution in [0, 0.1) is 36.8 Å². The van der Waals surface area contributed by atoms with Crippen LogP contribution in [-0.4, -0.2) is 41.6 Å². The van der Waals surface area contributed by atoms with Crippen LogP contribution in [0.2, 0.25) is 0 Å². The van der Waals surface area contributed by atoms with Gasteiger partial charge in [-0.25, -0.2) is 13.1 Å². The first-order valence-corrected chi connectivity index (χ1v) is 14.2. The molecular weight excluding hydrogens is 522 g/mol. The first-order chi connectivity index (χ1) is 18.3. The van der Waals surface area contributed by atoms with E-state index < -0.39 is 31.4 Å². The summed E-state index contributed by atoms with van der Waals surface area (Å²) in [5.41, 5.74) is 2.60. The minimum atomic E-state index is -4.18. The summed E-state index contributed by atoms with van der Waals surface area (Å²) < 4.78 is 36.6. The number of non-ortho nitro benzene ring substituents is 1. The summed E-state index contributed by atoms with van der Waals surface area (Å²) in [6, 6.07) is 8.87. The first-order valence-electron chi connectivity index (χ1n) is 12.7. The molecule has 3 rings (SSSR count). The highest BCUT2D eigenvalue weighted by molar-refractivity contribution is 7.89. The fourth-order valence-electron chi connectivity index (χ4n) is 3.70. The number of rotatable bonds is 11. The van der Waals surface area contributed by atoms with Gasteiger partial charge in [0.15, 0.2) is 5.69 Å². The standard InChI is InChI=1S/C27H35N5O6S/c1-8-18(5)29-26(33)25-20(7)27(31(30-25)22-11-9-10-17(4)19(22)6)38-23-13-12-21(32(34)35)14-24(23)39(36,37)28-15-16(2)3/h9-14,16,18,28H,8,15H2,1-7H3,(H,29,33). The van der Waals surface area contributed by atoms with E-state index in [9.17, 15) is 23.3 Å². The summed E-state index contributed by atoms with van der Waals surface area (Å²) in [5.74, 6) is -0.416. The van der Waals surface area contributed by atoms with Gasteiger partial charge in [-0.05, 0) is 63.3 Å². The number of nitrogens with zero attached hydrogens (tertiary/aromatic N) is 3. The van der Waals surface area contributed by atoms with Crippen LogP contribution in [0.4, 0.5) is 5.69 Å². The fraction of sp³-hybridized carbons (Fsp3) is 0.407. The summed E-state index contributed by atoms with van der Waals surface area (Å²) in [7, 11) is -4.18. The molecule has 1 unspecified atom stereocenters. The second-order valence-electron chi connectivity index (χ2n) is 9.93. The van der Waals surface area contributed by atoms with Gasteiger partial charge in [0.1, 0.15) is 10.6 Å². The van der Waals surface area contributed by atoms with Crippen molar-refractivity contribution in [3.63, 3.8) is 0 Å². The number of carbonyl (C=O) groups is 1. The number of benzene rings is 2. The molecule has 0 bridgehead atoms. The molecule has 1 atom stereocenters. The largest absolute Gasteiger partial charge is 0.437 e. The fourth-order valence-corrected chi connectivity index (χ4v) is 5.06. The van der Waals surface area contributed by atoms with E-state index in [2.05, 4.69) is 15.1 Å². The Morgan fingerprint density at radius 3 is 2.44 bits per heavy atom. The van der Waals surface area contributed by atoms with Crippen molar-refractivity contribution >= 4 is 21.6 Å². The Kier molecular flexibility index (Phi) is 9.13. The lowest BCUT2D eigenvalue weighted by Crippen LogP contribution is -2.32. The smallest absolute Gasteiger partial charge is 0.272 e. The van der Waals surface area contributed by atoms with Gasteiger partial charge in [0.05, 0.1) is 10.6 Å². The van der Waals surface area contributed by atoms with Crippen molar-refractivity contribution in [3.8, 4) is 17.3 Å². The van der Waals surface area contributed by atoms with Gasteiger partial charge in [-0.2, -0.15) is 9.78 Å². The molecule has 1 aromatic heterocycles. The summed E-state index contributed by atoms with van der Waals surface area (Å²) in [6.45, 7) is 13.1. The second kappa shape index (κ2) is 12.0. The summed E-state index contributed by atoms with van der Waals surface area (Å²) >= 11 is 0. The molecule has 12 heteroatoms. The second-order valence-corrected chi connectivity index (χ2v) is 11.7. The zero-order valence-corrected chi connectivity index (χ0v) is 24.0. The van der Waals surface area contributed by atoms with Crippen molar-refractivity contribution in [3.05, 3.63) is 68.9 Å². The van der Waals surface area contributed by atoms with Gasteiger partial charge in [0, 0.05) is 30.3 Å². The van der Waals surface area contributed by atoms with E-state index in [1.54, 1.807) is 6.92 Å². The highest BCUT2D eigenvalue weighted by atomic mass is 32.2. The molecular formula is C27H35N5O6S. The third-order valence-electron chi connectivity index (χ3n) is 6.39. The molecule has 0 radical (unpaired) electrons. The molecule has 1 heterocycles. The van der Waals surface area contributed by atoms with E-state index in [1.807, 2.05) is 59.7 Å². The van der Waals surface area contributed by atoms with Gasteiger partial charge in [-0.1, -0.05) is 32.9 Å². The Morgan fingerprint density at radius 2 is 1.82 bits per heavy atom. The highest BCUT2D eigenvalue weighted by Crippen LogP contribution is 2.36. The number of hydrogen-bond donors (Lipinski definition) is 2. The zero-order valence-electron chi connectivity index (χ0n) is 23.2. The number of nitro groups is 1. The average molecular weight is 558 g/mol. The third kappa shape index (κ3) is 6.63. The van der Waals surface area contributed by atoms with Gasteiger partial charge in [-0.15, -0.1) is 0 Å². The monoisotopic (exact) mass is 557 g/mol. The zero-order chi connectivity index (χ0) is 29.1. The van der Waals surface area contributed by atoms with Crippen LogP contribution in [0.1, 0.15) is 61.3 Å². The number of aryl methyl sites for hydroxylation is 1. The first kappa shape index (κ1) is 29.8. The maximum Gasteiger partial charge on any atom is 0.272 e. The Labute approximate surface area is 228 Å². The summed E-state index contributed by atoms with van der Waals surface area (Å²) in [4.78, 5) is 23.5. The molecule has 0 fully saturated rings. The minimum absolute atomic E-state index is 0.00222. The Morgan fingerprint density at radius 1 is 1.13 bits per heavy atom. The average Bonchev–Trinajstić information content (AvgIpc) is 3.20. The van der Waals surface area contributed by atoms with Crippen molar-refractivity contribution < 1.29 is 22.9 Å². The van der Waals surface area contributed by atoms with Crippen molar-refractivity contribution in [2.75, 3.05) is 6.54 Å². The number of nitrogens with one attached hydrogen (secondary N) is 2. The van der Waals surface area contributed by atoms with E-state index >= 15 is 0 Å². The number of ether oxygens (including phenoxy) is 1. The van der Waals surface area contributed by atoms with E-state index in [4.69, 9.17) is 4.74 Å². The SMILES string of the molecule is CCC(C)NC(=O)c1nn(-c2cccc(C)c2C)c(Oc2ccc([N+](=O)[O-])cc2S(=O)(=O)NCC(C)C)c1C. The molecule has 0 aliphatic carbocycles. The molecule has 0 saturated heterocycles. The summed E-state index contributed by atoms with van der Waals surface area (Å²) in [6.07, 6.45) is 0.721. The van der Waals surface area contributed by atoms with Crippen LogP contribution in [0.25, 0.3) is 5.69 Å². The van der Waals surface area contributed by atoms with Crippen LogP contribution >= 0.6 is 0 Å². The normalized spacial score (nSPS) is 12.4. The topological polar surface area (TPSA) is 145 Å². The molecule has 2 N–H and O–H groups in total. The van der Waals surface area contributed by atoms with E-state index in [0.717, 1.165) is 23.6 Å². The molecule has 39 heavy (non-hydrogen) atoms. The van der Waals surface area contributed by atoms with Crippen LogP contribution < -0.4 is 14.8 Å². The number of sulfonamides is 1. The van der Waals surface area contributed by atoms with Crippen LogP contribution in [0.5, 0.6) is 11.6 Å². The van der Waals surface area contributed by atoms with Gasteiger partial charge in [-0.3, -0.25) is 14.9 Å². The molecule has 0 saturated carbocycles. The lowest BCUT2D eigenvalue weighted by molar-refractivity contribution is -0.385. The van der Waals surface area contributed by atoms with E-state index in [-0.39, 0.29) is 35.8 Å². The molecule has 0 spiro atoms. The number of hydrogen-bond acceptors (Lipinski definition) is 7. The maximum atomic E-state index is 13.2. The van der Waals surface area contributed by atoms with Crippen LogP contribution in [0.15, 0.2) is 41.3 Å². The number of carbonyl (C=O) groups excluding carboxylic acids is 1. The molecule has 2 aromatic carbocycles. The van der Waals surface area contributed by atoms with Crippen molar-refractivity contribution in [1.29, 1.82) is 0 Å². The predicted molar refractivity (Wildman–Crippen MR) is 148 cm³/mol. The highest BCUT2D eigenvalue weighted by Gasteiger charge is 2.28. The van der Waals surface area contributed by atoms with Gasteiger partial charge >= 0.3 is 0 Å². The van der Waals surface area contributed by atoms with E-state index in [1.165, 1.54) is 16.8 Å². The lowest BCUT2D eigenvalue weighted by atomic mass is 10.1. The van der Waals surface area contributed by atoms with Crippen LogP contribution in [0.3, 0.4) is 0 Å². The van der Waals surface area contributed by atoms with Crippen LogP contribution in [-0.2, 0) is 10.0 Å². The Hall–Kier alpha value is -3.77. The molecule has 3 aromatic rings. The molecule has 0 aliphatic rings. The molecule has 11 nitrogen and oxygen atoms in total. The molecule has 1 amide bonds. The van der Waals surface area contributed by atoms with Gasteiger partial charge in [0.25, 0.3) is 11.6 Å². The lowest BCUT2D eigenvalue weighted by Gasteiger charge is -2.16. The van der Waals surface area contributed by atoms with Gasteiger partial charge < -0.3 is 10.1 Å². The predicted octanol–water partition coefficient (Wildman–Crippen LogP) is 4.96. The summed E-state index contributed by atoms with van der Waals surface area (Å²) in [5, 5.41) is 18.9. The van der Waals surface area contributed by atoms with Crippen molar-refractivity contribution in [2.24, 2.45) is 5.92 Å². The Balaban J connectivity index is 2.23. The van der Waals surface area contributed by atoms with Gasteiger partial charge in [0.2, 0.25) is 15.9 Å². The number of nitro benzene ring substituents is 1. The number of amides is 1. The van der Waals surface area contributed by atoms with E-state index in [0.29, 0.717) is 11.3 Å². The minimum Gasteiger partial charge on any atom is -0.437 e. The Bertz CT molecular complexity index is 1500. The molecule has 0 aliphatic heterocycles. The quantitative estimate of drug-likeness (QED) is 0.250.